The highest BCUT2D eigenvalue weighted by Crippen LogP contribution is 2.35. The zero-order chi connectivity index (χ0) is 15.2. The van der Waals surface area contributed by atoms with Crippen LogP contribution in [0.3, 0.4) is 0 Å². The van der Waals surface area contributed by atoms with Crippen LogP contribution in [0.15, 0.2) is 24.3 Å². The SMILES string of the molecule is CCC(=O)O[C@@H]1CCCC[C@H]1c1ccc(OC(C)C)cc1. The molecule has 1 aromatic rings. The third kappa shape index (κ3) is 4.48. The van der Waals surface area contributed by atoms with Gasteiger partial charge in [0, 0.05) is 12.3 Å². The molecule has 0 aromatic heterocycles. The van der Waals surface area contributed by atoms with Crippen molar-refractivity contribution in [3.8, 4) is 5.75 Å². The van der Waals surface area contributed by atoms with Crippen molar-refractivity contribution < 1.29 is 14.3 Å². The molecule has 2 atom stereocenters. The lowest BCUT2D eigenvalue weighted by atomic mass is 9.81. The number of carbonyl (C=O) groups is 1. The van der Waals surface area contributed by atoms with Gasteiger partial charge in [0.25, 0.3) is 0 Å². The first-order valence-corrected chi connectivity index (χ1v) is 8.06. The van der Waals surface area contributed by atoms with E-state index in [1.807, 2.05) is 32.9 Å². The molecule has 0 aliphatic heterocycles. The number of hydrogen-bond donors (Lipinski definition) is 0. The second-order valence-corrected chi connectivity index (χ2v) is 6.01. The fraction of sp³-hybridized carbons (Fsp3) is 0.611. The van der Waals surface area contributed by atoms with E-state index in [0.717, 1.165) is 25.0 Å². The maximum atomic E-state index is 11.6. The van der Waals surface area contributed by atoms with Gasteiger partial charge < -0.3 is 9.47 Å². The topological polar surface area (TPSA) is 35.5 Å². The first-order valence-electron chi connectivity index (χ1n) is 8.06. The Morgan fingerprint density at radius 2 is 1.86 bits per heavy atom. The molecule has 0 radical (unpaired) electrons. The summed E-state index contributed by atoms with van der Waals surface area (Å²) in [6.07, 6.45) is 5.07. The van der Waals surface area contributed by atoms with Crippen molar-refractivity contribution in [2.45, 2.75) is 71.0 Å². The molecule has 3 heteroatoms. The van der Waals surface area contributed by atoms with Crippen LogP contribution in [0.25, 0.3) is 0 Å². The molecule has 1 aromatic carbocycles. The predicted octanol–water partition coefficient (Wildman–Crippen LogP) is 4.45. The normalized spacial score (nSPS) is 22.1. The van der Waals surface area contributed by atoms with Crippen molar-refractivity contribution in [1.82, 2.24) is 0 Å². The molecule has 21 heavy (non-hydrogen) atoms. The van der Waals surface area contributed by atoms with Gasteiger partial charge in [0.2, 0.25) is 0 Å². The Hall–Kier alpha value is -1.51. The minimum Gasteiger partial charge on any atom is -0.491 e. The van der Waals surface area contributed by atoms with Gasteiger partial charge in [-0.05, 0) is 50.8 Å². The molecule has 1 saturated carbocycles. The average Bonchev–Trinajstić information content (AvgIpc) is 2.48. The minimum atomic E-state index is -0.0911. The van der Waals surface area contributed by atoms with Gasteiger partial charge in [0.1, 0.15) is 11.9 Å². The van der Waals surface area contributed by atoms with E-state index in [2.05, 4.69) is 12.1 Å². The van der Waals surface area contributed by atoms with E-state index in [-0.39, 0.29) is 18.2 Å². The van der Waals surface area contributed by atoms with Gasteiger partial charge in [-0.3, -0.25) is 4.79 Å². The Balaban J connectivity index is 2.07. The number of rotatable bonds is 5. The van der Waals surface area contributed by atoms with E-state index in [1.165, 1.54) is 12.0 Å². The Morgan fingerprint density at radius 3 is 2.48 bits per heavy atom. The largest absolute Gasteiger partial charge is 0.491 e. The highest BCUT2D eigenvalue weighted by atomic mass is 16.5. The van der Waals surface area contributed by atoms with Gasteiger partial charge in [-0.25, -0.2) is 0 Å². The highest BCUT2D eigenvalue weighted by Gasteiger charge is 2.29. The second kappa shape index (κ2) is 7.48. The van der Waals surface area contributed by atoms with E-state index in [4.69, 9.17) is 9.47 Å². The summed E-state index contributed by atoms with van der Waals surface area (Å²) in [5.74, 6) is 1.13. The van der Waals surface area contributed by atoms with Crippen LogP contribution in [0.4, 0.5) is 0 Å². The van der Waals surface area contributed by atoms with Crippen LogP contribution >= 0.6 is 0 Å². The third-order valence-corrected chi connectivity index (χ3v) is 3.95. The van der Waals surface area contributed by atoms with Crippen LogP contribution in [0.1, 0.15) is 64.4 Å². The quantitative estimate of drug-likeness (QED) is 0.751. The third-order valence-electron chi connectivity index (χ3n) is 3.95. The molecule has 1 aliphatic carbocycles. The molecule has 1 aliphatic rings. The van der Waals surface area contributed by atoms with Gasteiger partial charge in [-0.15, -0.1) is 0 Å². The summed E-state index contributed by atoms with van der Waals surface area (Å²) in [6.45, 7) is 5.89. The van der Waals surface area contributed by atoms with Crippen LogP contribution in [0, 0.1) is 0 Å². The summed E-state index contributed by atoms with van der Waals surface area (Å²) in [4.78, 5) is 11.6. The molecule has 0 bridgehead atoms. The van der Waals surface area contributed by atoms with Gasteiger partial charge >= 0.3 is 5.97 Å². The van der Waals surface area contributed by atoms with Crippen LogP contribution < -0.4 is 4.74 Å². The van der Waals surface area contributed by atoms with Crippen LogP contribution in [0.5, 0.6) is 5.75 Å². The Labute approximate surface area is 127 Å². The summed E-state index contributed by atoms with van der Waals surface area (Å²) >= 11 is 0. The predicted molar refractivity (Wildman–Crippen MR) is 83.6 cm³/mol. The van der Waals surface area contributed by atoms with E-state index in [1.54, 1.807) is 0 Å². The lowest BCUT2D eigenvalue weighted by Crippen LogP contribution is -2.28. The summed E-state index contributed by atoms with van der Waals surface area (Å²) in [6, 6.07) is 8.26. The molecular weight excluding hydrogens is 264 g/mol. The number of esters is 1. The van der Waals surface area contributed by atoms with Crippen LogP contribution in [-0.4, -0.2) is 18.2 Å². The number of ether oxygens (including phenoxy) is 2. The summed E-state index contributed by atoms with van der Waals surface area (Å²) in [5, 5.41) is 0. The number of benzene rings is 1. The van der Waals surface area contributed by atoms with Gasteiger partial charge in [0.15, 0.2) is 0 Å². The van der Waals surface area contributed by atoms with Crippen molar-refractivity contribution >= 4 is 5.97 Å². The first-order chi connectivity index (χ1) is 10.1. The molecule has 116 valence electrons. The average molecular weight is 290 g/mol. The van der Waals surface area contributed by atoms with Crippen molar-refractivity contribution in [3.63, 3.8) is 0 Å². The zero-order valence-electron chi connectivity index (χ0n) is 13.3. The first kappa shape index (κ1) is 15.9. The number of carbonyl (C=O) groups excluding carboxylic acids is 1. The Morgan fingerprint density at radius 1 is 1.19 bits per heavy atom. The van der Waals surface area contributed by atoms with Gasteiger partial charge in [0.05, 0.1) is 6.10 Å². The molecular formula is C18H26O3. The van der Waals surface area contributed by atoms with Crippen LogP contribution in [0.2, 0.25) is 0 Å². The lowest BCUT2D eigenvalue weighted by molar-refractivity contribution is -0.151. The molecule has 0 spiro atoms. The summed E-state index contributed by atoms with van der Waals surface area (Å²) < 4.78 is 11.3. The van der Waals surface area contributed by atoms with Crippen molar-refractivity contribution in [3.05, 3.63) is 29.8 Å². The van der Waals surface area contributed by atoms with Crippen molar-refractivity contribution in [2.75, 3.05) is 0 Å². The Kier molecular flexibility index (Phi) is 5.66. The summed E-state index contributed by atoms with van der Waals surface area (Å²) in [5.41, 5.74) is 1.25. The van der Waals surface area contributed by atoms with E-state index in [0.29, 0.717) is 12.3 Å². The zero-order valence-corrected chi connectivity index (χ0v) is 13.3. The standard InChI is InChI=1S/C18H26O3/c1-4-18(19)21-17-8-6-5-7-16(17)14-9-11-15(12-10-14)20-13(2)3/h9-13,16-17H,4-8H2,1-3H3/t16-,17+/m0/s1. The van der Waals surface area contributed by atoms with Gasteiger partial charge in [-0.2, -0.15) is 0 Å². The van der Waals surface area contributed by atoms with Crippen molar-refractivity contribution in [2.24, 2.45) is 0 Å². The molecule has 1 fully saturated rings. The monoisotopic (exact) mass is 290 g/mol. The van der Waals surface area contributed by atoms with Crippen LogP contribution in [-0.2, 0) is 9.53 Å². The molecule has 0 saturated heterocycles. The van der Waals surface area contributed by atoms with E-state index < -0.39 is 0 Å². The molecule has 0 heterocycles. The molecule has 2 rings (SSSR count). The molecule has 0 unspecified atom stereocenters. The van der Waals surface area contributed by atoms with E-state index >= 15 is 0 Å². The smallest absolute Gasteiger partial charge is 0.305 e. The van der Waals surface area contributed by atoms with Crippen molar-refractivity contribution in [1.29, 1.82) is 0 Å². The molecule has 0 amide bonds. The number of hydrogen-bond acceptors (Lipinski definition) is 3. The lowest BCUT2D eigenvalue weighted by Gasteiger charge is -2.31. The fourth-order valence-electron chi connectivity index (χ4n) is 2.94. The highest BCUT2D eigenvalue weighted by molar-refractivity contribution is 5.69. The maximum Gasteiger partial charge on any atom is 0.305 e. The second-order valence-electron chi connectivity index (χ2n) is 6.01. The fourth-order valence-corrected chi connectivity index (χ4v) is 2.94. The molecule has 3 nitrogen and oxygen atoms in total. The Bertz CT molecular complexity index is 450. The minimum absolute atomic E-state index is 0.0306. The summed E-state index contributed by atoms with van der Waals surface area (Å²) in [7, 11) is 0. The maximum absolute atomic E-state index is 11.6. The van der Waals surface area contributed by atoms with Gasteiger partial charge in [-0.1, -0.05) is 25.5 Å². The molecule has 0 N–H and O–H groups in total. The van der Waals surface area contributed by atoms with E-state index in [9.17, 15) is 4.79 Å².